The van der Waals surface area contributed by atoms with Gasteiger partial charge in [-0.2, -0.15) is 0 Å². The van der Waals surface area contributed by atoms with E-state index in [2.05, 4.69) is 33.6 Å². The molecular formula is C17H17N3OS2. The number of amides is 1. The maximum Gasteiger partial charge on any atom is 0.225 e. The van der Waals surface area contributed by atoms with Crippen molar-refractivity contribution in [2.75, 3.05) is 4.90 Å². The Balaban J connectivity index is 1.40. The molecule has 0 atom stereocenters. The maximum absolute atomic E-state index is 11.8. The van der Waals surface area contributed by atoms with Crippen LogP contribution in [0.15, 0.2) is 34.6 Å². The lowest BCUT2D eigenvalue weighted by atomic mass is 10.2. The summed E-state index contributed by atoms with van der Waals surface area (Å²) in [6, 6.07) is 8.64. The van der Waals surface area contributed by atoms with Crippen molar-refractivity contribution < 1.29 is 4.79 Å². The van der Waals surface area contributed by atoms with Gasteiger partial charge in [-0.3, -0.25) is 9.69 Å². The predicted octanol–water partition coefficient (Wildman–Crippen LogP) is 4.18. The van der Waals surface area contributed by atoms with Gasteiger partial charge in [0.1, 0.15) is 0 Å². The first-order valence-electron chi connectivity index (χ1n) is 7.73. The molecule has 0 radical (unpaired) electrons. The molecule has 23 heavy (non-hydrogen) atoms. The van der Waals surface area contributed by atoms with Gasteiger partial charge in [0.15, 0.2) is 5.13 Å². The second kappa shape index (κ2) is 6.09. The van der Waals surface area contributed by atoms with E-state index in [-0.39, 0.29) is 5.91 Å². The van der Waals surface area contributed by atoms with E-state index in [0.29, 0.717) is 6.04 Å². The molecule has 0 spiro atoms. The number of rotatable bonds is 4. The van der Waals surface area contributed by atoms with Crippen LogP contribution in [0.1, 0.15) is 31.0 Å². The number of anilines is 1. The highest BCUT2D eigenvalue weighted by atomic mass is 32.2. The highest BCUT2D eigenvalue weighted by Crippen LogP contribution is 2.35. The average molecular weight is 343 g/mol. The minimum Gasteiger partial charge on any atom is -0.285 e. The van der Waals surface area contributed by atoms with E-state index in [0.717, 1.165) is 46.6 Å². The summed E-state index contributed by atoms with van der Waals surface area (Å²) >= 11 is 3.31. The molecule has 1 fully saturated rings. The number of benzene rings is 1. The predicted molar refractivity (Wildman–Crippen MR) is 96.8 cm³/mol. The van der Waals surface area contributed by atoms with Crippen LogP contribution in [-0.4, -0.2) is 22.0 Å². The van der Waals surface area contributed by atoms with Crippen LogP contribution in [0.3, 0.4) is 0 Å². The molecule has 1 saturated carbocycles. The highest BCUT2D eigenvalue weighted by molar-refractivity contribution is 8.13. The molecule has 6 heteroatoms. The number of thioether (sulfide) groups is 1. The SMILES string of the molecule is CC(=O)N(c1nc(CSC2=Nc3ccccc3C2)cs1)C1CC1. The standard InChI is InChI=1S/C17H17N3OS2/c1-11(21)20(14-6-7-14)17-18-13(10-23-17)9-22-16-8-12-4-2-3-5-15(12)19-16/h2-5,10,14H,6-9H2,1H3. The van der Waals surface area contributed by atoms with Crippen LogP contribution in [0, 0.1) is 0 Å². The summed E-state index contributed by atoms with van der Waals surface area (Å²) in [5.41, 5.74) is 3.41. The van der Waals surface area contributed by atoms with Gasteiger partial charge in [-0.05, 0) is 24.5 Å². The smallest absolute Gasteiger partial charge is 0.225 e. The number of thiazole rings is 1. The highest BCUT2D eigenvalue weighted by Gasteiger charge is 2.33. The Hall–Kier alpha value is -1.66. The van der Waals surface area contributed by atoms with Crippen LogP contribution in [0.4, 0.5) is 10.8 Å². The zero-order valence-corrected chi connectivity index (χ0v) is 14.5. The van der Waals surface area contributed by atoms with E-state index in [4.69, 9.17) is 0 Å². The number of aliphatic imine (C=N–C) groups is 1. The maximum atomic E-state index is 11.8. The van der Waals surface area contributed by atoms with Crippen LogP contribution >= 0.6 is 23.1 Å². The van der Waals surface area contributed by atoms with Gasteiger partial charge in [0.25, 0.3) is 0 Å². The van der Waals surface area contributed by atoms with Gasteiger partial charge >= 0.3 is 0 Å². The van der Waals surface area contributed by atoms with E-state index in [1.54, 1.807) is 30.0 Å². The van der Waals surface area contributed by atoms with Gasteiger partial charge in [0.2, 0.25) is 5.91 Å². The van der Waals surface area contributed by atoms with E-state index < -0.39 is 0 Å². The Morgan fingerprint density at radius 2 is 2.22 bits per heavy atom. The lowest BCUT2D eigenvalue weighted by molar-refractivity contribution is -0.116. The van der Waals surface area contributed by atoms with Gasteiger partial charge in [0.05, 0.1) is 16.4 Å². The van der Waals surface area contributed by atoms with E-state index in [1.165, 1.54) is 5.56 Å². The van der Waals surface area contributed by atoms with Crippen LogP contribution in [-0.2, 0) is 17.0 Å². The monoisotopic (exact) mass is 343 g/mol. The van der Waals surface area contributed by atoms with E-state index in [1.807, 2.05) is 11.0 Å². The molecule has 118 valence electrons. The molecule has 1 amide bonds. The van der Waals surface area contributed by atoms with Gasteiger partial charge in [0, 0.05) is 30.5 Å². The molecule has 1 aliphatic carbocycles. The minimum absolute atomic E-state index is 0.0941. The molecule has 2 aliphatic rings. The molecule has 4 rings (SSSR count). The van der Waals surface area contributed by atoms with Crippen molar-refractivity contribution in [3.8, 4) is 0 Å². The van der Waals surface area contributed by atoms with Crippen molar-refractivity contribution in [2.24, 2.45) is 4.99 Å². The van der Waals surface area contributed by atoms with Crippen molar-refractivity contribution in [3.63, 3.8) is 0 Å². The van der Waals surface area contributed by atoms with Gasteiger partial charge < -0.3 is 0 Å². The molecule has 4 nitrogen and oxygen atoms in total. The largest absolute Gasteiger partial charge is 0.285 e. The minimum atomic E-state index is 0.0941. The second-order valence-corrected chi connectivity index (χ2v) is 7.73. The molecule has 0 unspecified atom stereocenters. The molecule has 0 saturated heterocycles. The van der Waals surface area contributed by atoms with Crippen molar-refractivity contribution in [3.05, 3.63) is 40.9 Å². The van der Waals surface area contributed by atoms with Crippen LogP contribution in [0.2, 0.25) is 0 Å². The fourth-order valence-corrected chi connectivity index (χ4v) is 4.63. The number of hydrogen-bond donors (Lipinski definition) is 0. The summed E-state index contributed by atoms with van der Waals surface area (Å²) in [6.45, 7) is 1.62. The number of aromatic nitrogens is 1. The molecule has 0 N–H and O–H groups in total. The molecule has 2 aromatic rings. The Bertz CT molecular complexity index is 780. The Morgan fingerprint density at radius 1 is 1.39 bits per heavy atom. The zero-order valence-electron chi connectivity index (χ0n) is 12.9. The number of carbonyl (C=O) groups excluding carboxylic acids is 1. The summed E-state index contributed by atoms with van der Waals surface area (Å²) in [5, 5.41) is 4.04. The lowest BCUT2D eigenvalue weighted by Crippen LogP contribution is -2.30. The molecule has 0 bridgehead atoms. The molecule has 1 aliphatic heterocycles. The first kappa shape index (κ1) is 14.9. The quantitative estimate of drug-likeness (QED) is 0.836. The van der Waals surface area contributed by atoms with Crippen LogP contribution < -0.4 is 4.90 Å². The summed E-state index contributed by atoms with van der Waals surface area (Å²) in [6.07, 6.45) is 3.11. The van der Waals surface area contributed by atoms with Crippen molar-refractivity contribution >= 4 is 44.9 Å². The number of hydrogen-bond acceptors (Lipinski definition) is 5. The van der Waals surface area contributed by atoms with Crippen molar-refractivity contribution in [1.29, 1.82) is 0 Å². The summed E-state index contributed by atoms with van der Waals surface area (Å²) in [7, 11) is 0. The Morgan fingerprint density at radius 3 is 2.96 bits per heavy atom. The topological polar surface area (TPSA) is 45.6 Å². The van der Waals surface area contributed by atoms with Crippen molar-refractivity contribution in [2.45, 2.75) is 38.0 Å². The first-order valence-corrected chi connectivity index (χ1v) is 9.60. The third kappa shape index (κ3) is 3.19. The van der Waals surface area contributed by atoms with Gasteiger partial charge in [-0.15, -0.1) is 23.1 Å². The fraction of sp³-hybridized carbons (Fsp3) is 0.353. The van der Waals surface area contributed by atoms with Gasteiger partial charge in [-0.25, -0.2) is 9.98 Å². The van der Waals surface area contributed by atoms with Crippen LogP contribution in [0.25, 0.3) is 0 Å². The van der Waals surface area contributed by atoms with Crippen LogP contribution in [0.5, 0.6) is 0 Å². The van der Waals surface area contributed by atoms with Crippen molar-refractivity contribution in [1.82, 2.24) is 4.98 Å². The Labute approximate surface area is 143 Å². The Kier molecular flexibility index (Phi) is 3.95. The van der Waals surface area contributed by atoms with Gasteiger partial charge in [-0.1, -0.05) is 18.2 Å². The van der Waals surface area contributed by atoms with E-state index in [9.17, 15) is 4.79 Å². The average Bonchev–Trinajstić information content (AvgIpc) is 3.10. The number of fused-ring (bicyclic) bond motifs is 1. The number of carbonyl (C=O) groups is 1. The number of nitrogens with zero attached hydrogens (tertiary/aromatic N) is 3. The molecule has 1 aromatic heterocycles. The third-order valence-electron chi connectivity index (χ3n) is 3.96. The summed E-state index contributed by atoms with van der Waals surface area (Å²) in [4.78, 5) is 23.0. The first-order chi connectivity index (χ1) is 11.2. The zero-order chi connectivity index (χ0) is 15.8. The molecule has 1 aromatic carbocycles. The molecular weight excluding hydrogens is 326 g/mol. The number of para-hydroxylation sites is 1. The normalized spacial score (nSPS) is 16.1. The summed E-state index contributed by atoms with van der Waals surface area (Å²) < 4.78 is 0. The van der Waals surface area contributed by atoms with E-state index >= 15 is 0 Å². The molecule has 2 heterocycles. The summed E-state index contributed by atoms with van der Waals surface area (Å²) in [5.74, 6) is 0.899. The third-order valence-corrected chi connectivity index (χ3v) is 5.86. The fourth-order valence-electron chi connectivity index (χ4n) is 2.70. The lowest BCUT2D eigenvalue weighted by Gasteiger charge is -2.16. The second-order valence-electron chi connectivity index (χ2n) is 5.84.